The zero-order valence-electron chi connectivity index (χ0n) is 80.5. The van der Waals surface area contributed by atoms with Gasteiger partial charge in [0, 0.05) is 11.1 Å². The van der Waals surface area contributed by atoms with Gasteiger partial charge in [0.15, 0.2) is 62.3 Å². The summed E-state index contributed by atoms with van der Waals surface area (Å²) < 4.78 is 110. The van der Waals surface area contributed by atoms with Crippen LogP contribution in [0, 0.1) is 55.7 Å². The number of allylic oxidation sites excluding steroid dienone is 2. The van der Waals surface area contributed by atoms with E-state index in [0.717, 1.165) is 0 Å². The zero-order valence-corrected chi connectivity index (χ0v) is 80.5. The Balaban J connectivity index is 0.791. The second kappa shape index (κ2) is 42.8. The first-order valence-corrected chi connectivity index (χ1v) is 48.2. The molecule has 0 amide bonds. The maximum atomic E-state index is 17.0. The summed E-state index contributed by atoms with van der Waals surface area (Å²) in [6.45, 7) is 29.8. The molecule has 13 rings (SSSR count). The van der Waals surface area contributed by atoms with E-state index in [0.29, 0.717) is 51.4 Å². The summed E-state index contributed by atoms with van der Waals surface area (Å²) in [6, 6.07) is 0. The lowest BCUT2D eigenvalue weighted by molar-refractivity contribution is -0.382. The molecular weight excluding hydrogens is 1810 g/mol. The normalized spacial score (nSPS) is 49.4. The third-order valence-electron chi connectivity index (χ3n) is 33.8. The van der Waals surface area contributed by atoms with E-state index in [-0.39, 0.29) is 61.5 Å². The molecule has 784 valence electrons. The van der Waals surface area contributed by atoms with Crippen molar-refractivity contribution in [3.05, 3.63) is 48.6 Å². The van der Waals surface area contributed by atoms with Crippen molar-refractivity contribution >= 4 is 17.9 Å². The molecular formula is C95H152O42. The monoisotopic (exact) mass is 1960 g/mol. The van der Waals surface area contributed by atoms with Gasteiger partial charge in [0.05, 0.1) is 80.7 Å². The van der Waals surface area contributed by atoms with E-state index < -0.39 is 346 Å². The molecule has 42 nitrogen and oxygen atoms in total. The van der Waals surface area contributed by atoms with Crippen molar-refractivity contribution in [2.24, 2.45) is 55.7 Å². The van der Waals surface area contributed by atoms with Crippen LogP contribution in [0.1, 0.15) is 187 Å². The minimum atomic E-state index is -2.25. The molecule has 0 aromatic rings. The first kappa shape index (κ1) is 110. The van der Waals surface area contributed by atoms with Crippen LogP contribution < -0.4 is 0 Å². The molecule has 0 aromatic carbocycles. The van der Waals surface area contributed by atoms with Crippen LogP contribution in [0.2, 0.25) is 0 Å². The lowest BCUT2D eigenvalue weighted by atomic mass is 9.27. The quantitative estimate of drug-likeness (QED) is 0.0119. The van der Waals surface area contributed by atoms with E-state index in [1.807, 2.05) is 0 Å². The van der Waals surface area contributed by atoms with E-state index in [1.54, 1.807) is 0 Å². The molecule has 0 radical (unpaired) electrons. The summed E-state index contributed by atoms with van der Waals surface area (Å²) in [7, 11) is 0. The molecule has 8 aliphatic heterocycles. The molecule has 48 atom stereocenters. The van der Waals surface area contributed by atoms with Crippen LogP contribution in [0.3, 0.4) is 0 Å². The van der Waals surface area contributed by atoms with Crippen molar-refractivity contribution in [1.29, 1.82) is 0 Å². The van der Waals surface area contributed by atoms with Crippen molar-refractivity contribution < 1.29 is 207 Å². The Morgan fingerprint density at radius 3 is 1.42 bits per heavy atom. The van der Waals surface area contributed by atoms with Crippen LogP contribution in [0.15, 0.2) is 48.6 Å². The number of ether oxygens (including phenoxy) is 18. The van der Waals surface area contributed by atoms with Gasteiger partial charge < -0.3 is 193 Å². The van der Waals surface area contributed by atoms with Crippen molar-refractivity contribution in [3.8, 4) is 0 Å². The van der Waals surface area contributed by atoms with E-state index in [1.165, 1.54) is 65.8 Å². The average molecular weight is 1970 g/mol. The molecule has 21 N–H and O–H groups in total. The van der Waals surface area contributed by atoms with Crippen LogP contribution in [0.4, 0.5) is 0 Å². The van der Waals surface area contributed by atoms with E-state index in [9.17, 15) is 117 Å². The van der Waals surface area contributed by atoms with Crippen LogP contribution >= 0.6 is 0 Å². The summed E-state index contributed by atoms with van der Waals surface area (Å²) in [5, 5.41) is 238. The second-order valence-electron chi connectivity index (χ2n) is 43.7. The Bertz CT molecular complexity index is 4150. The lowest BCUT2D eigenvalue weighted by Gasteiger charge is -2.77. The molecule has 48 unspecified atom stereocenters. The highest BCUT2D eigenvalue weighted by Gasteiger charge is 2.78. The Kier molecular flexibility index (Phi) is 34.4. The minimum absolute atomic E-state index is 0.0198. The predicted molar refractivity (Wildman–Crippen MR) is 468 cm³/mol. The fraction of sp³-hybridized carbons (Fsp3) is 0.884. The molecule has 42 heteroatoms. The third kappa shape index (κ3) is 21.6. The molecule has 5 saturated carbocycles. The van der Waals surface area contributed by atoms with E-state index in [4.69, 9.17) is 85.3 Å². The van der Waals surface area contributed by atoms with E-state index in [2.05, 4.69) is 68.5 Å². The summed E-state index contributed by atoms with van der Waals surface area (Å²) in [5.74, 6) is -3.97. The van der Waals surface area contributed by atoms with Gasteiger partial charge in [-0.15, -0.1) is 13.2 Å². The number of rotatable bonds is 30. The molecule has 8 saturated heterocycles. The summed E-state index contributed by atoms with van der Waals surface area (Å²) >= 11 is 0. The zero-order chi connectivity index (χ0) is 101. The van der Waals surface area contributed by atoms with Crippen molar-refractivity contribution in [3.63, 3.8) is 0 Å². The number of carbonyl (C=O) groups excluding carboxylic acids is 3. The van der Waals surface area contributed by atoms with Gasteiger partial charge in [-0.3, -0.25) is 4.79 Å². The molecule has 0 bridgehead atoms. The van der Waals surface area contributed by atoms with Crippen molar-refractivity contribution in [2.75, 3.05) is 39.6 Å². The molecule has 8 heterocycles. The fourth-order valence-corrected chi connectivity index (χ4v) is 24.6. The fourth-order valence-electron chi connectivity index (χ4n) is 24.6. The van der Waals surface area contributed by atoms with Gasteiger partial charge in [-0.2, -0.15) is 0 Å². The molecule has 137 heavy (non-hydrogen) atoms. The largest absolute Gasteiger partial charge is 0.453 e. The van der Waals surface area contributed by atoms with Gasteiger partial charge in [-0.1, -0.05) is 79.7 Å². The highest BCUT2D eigenvalue weighted by atomic mass is 16.8. The van der Waals surface area contributed by atoms with Crippen LogP contribution in [0.25, 0.3) is 0 Å². The predicted octanol–water partition coefficient (Wildman–Crippen LogP) is -2.26. The molecule has 0 aromatic heterocycles. The Hall–Kier alpha value is -4.07. The Morgan fingerprint density at radius 2 is 0.847 bits per heavy atom. The number of hydrogen-bond donors (Lipinski definition) is 21. The summed E-state index contributed by atoms with van der Waals surface area (Å²) in [6.07, 6.45) is -55.5. The van der Waals surface area contributed by atoms with Crippen molar-refractivity contribution in [2.45, 2.75) is 431 Å². The van der Waals surface area contributed by atoms with Crippen LogP contribution in [-0.4, -0.2) is 409 Å². The maximum absolute atomic E-state index is 17.0. The topological polar surface area (TPSA) is 642 Å². The highest BCUT2D eigenvalue weighted by Crippen LogP contribution is 2.81. The van der Waals surface area contributed by atoms with Crippen LogP contribution in [-0.2, 0) is 99.6 Å². The molecule has 13 fully saturated rings. The number of carbonyl (C=O) groups is 3. The smallest absolute Gasteiger partial charge is 0.333 e. The number of aliphatic hydroxyl groups excluding tert-OH is 19. The standard InChI is InChI=1S/C95H152O42/c1-17-89(11,118)26-19-21-41(3)76(115)131-72-61(106)50(40-125-84-74(63(108)56(101)43(5)126-84)132-77(116)42(4)22-20-27-90(12,119)18-2)129-85(75(72)136-81-68(113)64(109)70(44(6)127-81)133-80-69(114)71(48(99)38-122-80)134-78-65(110)57(102)45(96)35-120-78)137-86(117)95-32-31-87(7,8)33-53(95)93(15)30-24-52-91(13)28-25-55(88(9,10)51(91)23-29-92(52,14)94(93,16)34-54(95)100)130-82-67(112)62(107)60(105)49(128-82)39-124-83-73(59(104)47(98)37-123-83)135-79-66(111)58(103)46(97)36-121-79/h17-18,21-22,43-75,78-85,96-114,118-119H,1-2,19-20,23-40H2,3-16H3/b41-21+,42-22+. The van der Waals surface area contributed by atoms with Gasteiger partial charge in [-0.05, 0) is 182 Å². The van der Waals surface area contributed by atoms with Gasteiger partial charge in [0.1, 0.15) is 140 Å². The first-order chi connectivity index (χ1) is 64.0. The van der Waals surface area contributed by atoms with Gasteiger partial charge in [-0.25, -0.2) is 9.59 Å². The molecule has 13 aliphatic rings. The average Bonchev–Trinajstić information content (AvgIpc) is 0.655. The SMILES string of the molecule is C=CC(C)(O)CC/C=C(\C)C(=O)OC1C(OCC2OC(OC(=O)C34CCC(C)(C)CC3C3(C)CCC5C6(C)CCC(OC7OC(COC8OCC(O)C(O)C8OC8OCC(O)C(O)C8O)C(O)C(O)C7O)C(C)(C)C6CCC5(C)C3(C)CC4O)C(OC3OC(C)C(OC4OCC(O)C(OC5OCC(O)C(O)C5O)C4O)C(O)C3O)C(OC(=O)/C(C)=C/CCC(C)(O)C=C)C2O)OC(C)C(O)C1O. The number of fused-ring (bicyclic) bond motifs is 7. The second-order valence-corrected chi connectivity index (χ2v) is 43.7. The molecule has 0 spiro atoms. The lowest BCUT2D eigenvalue weighted by Crippen LogP contribution is -2.74. The summed E-state index contributed by atoms with van der Waals surface area (Å²) in [4.78, 5) is 45.9. The minimum Gasteiger partial charge on any atom is -0.453 e. The summed E-state index contributed by atoms with van der Waals surface area (Å²) in [5.41, 5.74) is -8.42. The van der Waals surface area contributed by atoms with Crippen molar-refractivity contribution in [1.82, 2.24) is 0 Å². The van der Waals surface area contributed by atoms with Gasteiger partial charge in [0.25, 0.3) is 0 Å². The highest BCUT2D eigenvalue weighted by molar-refractivity contribution is 5.88. The van der Waals surface area contributed by atoms with Gasteiger partial charge in [0.2, 0.25) is 6.29 Å². The Labute approximate surface area is 796 Å². The van der Waals surface area contributed by atoms with Gasteiger partial charge >= 0.3 is 17.9 Å². The first-order valence-electron chi connectivity index (χ1n) is 48.2. The number of aliphatic hydroxyl groups is 21. The maximum Gasteiger partial charge on any atom is 0.333 e. The molecule has 5 aliphatic carbocycles. The van der Waals surface area contributed by atoms with Crippen LogP contribution in [0.5, 0.6) is 0 Å². The van der Waals surface area contributed by atoms with E-state index >= 15 is 4.79 Å². The number of hydrogen-bond acceptors (Lipinski definition) is 42. The third-order valence-corrected chi connectivity index (χ3v) is 33.8. The number of esters is 3. The Morgan fingerprint density at radius 1 is 0.394 bits per heavy atom.